The van der Waals surface area contributed by atoms with E-state index in [1.54, 1.807) is 18.2 Å². The number of halogens is 1. The maximum absolute atomic E-state index is 9.14. The number of benzene rings is 2. The lowest BCUT2D eigenvalue weighted by atomic mass is 10.2. The summed E-state index contributed by atoms with van der Waals surface area (Å²) >= 11 is 5.98. The van der Waals surface area contributed by atoms with Gasteiger partial charge in [-0.3, -0.25) is 0 Å². The topological polar surface area (TPSA) is 54.3 Å². The van der Waals surface area contributed by atoms with Crippen LogP contribution in [-0.4, -0.2) is 13.2 Å². The van der Waals surface area contributed by atoms with Crippen LogP contribution in [0.3, 0.4) is 0 Å². The fourth-order valence-electron chi connectivity index (χ4n) is 2.11. The second-order valence-corrected chi connectivity index (χ2v) is 5.08. The molecular weight excluding hydrogens is 288 g/mol. The number of rotatable bonds is 2. The predicted molar refractivity (Wildman–Crippen MR) is 81.5 cm³/mol. The lowest BCUT2D eigenvalue weighted by molar-refractivity contribution is 0.297. The lowest BCUT2D eigenvalue weighted by Crippen LogP contribution is -1.97. The molecule has 0 aromatic heterocycles. The summed E-state index contributed by atoms with van der Waals surface area (Å²) in [6.07, 6.45) is 0.865. The Bertz CT molecular complexity index is 710. The first-order valence-corrected chi connectivity index (χ1v) is 7.00. The molecule has 1 N–H and O–H groups in total. The van der Waals surface area contributed by atoms with Crippen LogP contribution in [0.2, 0.25) is 5.02 Å². The van der Waals surface area contributed by atoms with Crippen molar-refractivity contribution in [3.8, 4) is 17.6 Å². The summed E-state index contributed by atoms with van der Waals surface area (Å²) in [4.78, 5) is 0. The van der Waals surface area contributed by atoms with Gasteiger partial charge in [0.2, 0.25) is 0 Å². The molecule has 5 heteroatoms. The van der Waals surface area contributed by atoms with Gasteiger partial charge in [0, 0.05) is 23.2 Å². The summed E-state index contributed by atoms with van der Waals surface area (Å²) in [5.41, 5.74) is 2.02. The minimum Gasteiger partial charge on any atom is -0.490 e. The van der Waals surface area contributed by atoms with E-state index in [0.717, 1.165) is 17.9 Å². The minimum absolute atomic E-state index is 0.534. The van der Waals surface area contributed by atoms with E-state index >= 15 is 0 Å². The van der Waals surface area contributed by atoms with Crippen LogP contribution in [0.1, 0.15) is 12.0 Å². The van der Waals surface area contributed by atoms with E-state index in [1.165, 1.54) is 0 Å². The summed E-state index contributed by atoms with van der Waals surface area (Å²) in [5, 5.41) is 12.9. The van der Waals surface area contributed by atoms with Crippen LogP contribution in [-0.2, 0) is 0 Å². The number of hydrogen-bond acceptors (Lipinski definition) is 4. The first-order chi connectivity index (χ1) is 10.3. The maximum Gasteiger partial charge on any atom is 0.163 e. The number of nitriles is 1. The van der Waals surface area contributed by atoms with Gasteiger partial charge in [0.15, 0.2) is 11.5 Å². The molecule has 106 valence electrons. The van der Waals surface area contributed by atoms with Crippen molar-refractivity contribution in [3.05, 3.63) is 47.0 Å². The second-order valence-electron chi connectivity index (χ2n) is 4.64. The normalized spacial score (nSPS) is 13.1. The van der Waals surface area contributed by atoms with Gasteiger partial charge in [-0.25, -0.2) is 0 Å². The van der Waals surface area contributed by atoms with Gasteiger partial charge in [-0.2, -0.15) is 5.26 Å². The third kappa shape index (κ3) is 3.04. The Morgan fingerprint density at radius 2 is 1.86 bits per heavy atom. The zero-order valence-corrected chi connectivity index (χ0v) is 12.0. The number of anilines is 2. The van der Waals surface area contributed by atoms with Crippen molar-refractivity contribution in [2.75, 3.05) is 18.5 Å². The first-order valence-electron chi connectivity index (χ1n) is 6.62. The summed E-state index contributed by atoms with van der Waals surface area (Å²) < 4.78 is 11.2. The Morgan fingerprint density at radius 3 is 2.67 bits per heavy atom. The van der Waals surface area contributed by atoms with Crippen LogP contribution in [0, 0.1) is 11.3 Å². The molecule has 0 unspecified atom stereocenters. The maximum atomic E-state index is 9.14. The zero-order chi connectivity index (χ0) is 14.7. The number of hydrogen-bond donors (Lipinski definition) is 1. The summed E-state index contributed by atoms with van der Waals surface area (Å²) in [7, 11) is 0. The third-order valence-electron chi connectivity index (χ3n) is 3.13. The third-order valence-corrected chi connectivity index (χ3v) is 3.36. The summed E-state index contributed by atoms with van der Waals surface area (Å²) in [5.74, 6) is 1.45. The fourth-order valence-corrected chi connectivity index (χ4v) is 2.29. The Morgan fingerprint density at radius 1 is 1.05 bits per heavy atom. The quantitative estimate of drug-likeness (QED) is 0.906. The minimum atomic E-state index is 0.534. The fraction of sp³-hybridized carbons (Fsp3) is 0.188. The highest BCUT2D eigenvalue weighted by Gasteiger charge is 2.11. The van der Waals surface area contributed by atoms with Gasteiger partial charge in [-0.15, -0.1) is 0 Å². The van der Waals surface area contributed by atoms with Gasteiger partial charge in [0.25, 0.3) is 0 Å². The van der Waals surface area contributed by atoms with Gasteiger partial charge >= 0.3 is 0 Å². The van der Waals surface area contributed by atoms with E-state index in [0.29, 0.717) is 35.2 Å². The van der Waals surface area contributed by atoms with Gasteiger partial charge < -0.3 is 14.8 Å². The van der Waals surface area contributed by atoms with Gasteiger partial charge in [0.05, 0.1) is 24.5 Å². The van der Waals surface area contributed by atoms with E-state index in [9.17, 15) is 0 Å². The standard InChI is InChI=1S/C16H13ClN2O2/c17-12-3-2-11(10-18)14(8-12)19-13-4-5-15-16(9-13)21-7-1-6-20-15/h2-5,8-9,19H,1,6-7H2. The molecule has 0 amide bonds. The number of ether oxygens (including phenoxy) is 2. The SMILES string of the molecule is N#Cc1ccc(Cl)cc1Nc1ccc2c(c1)OCCCO2. The van der Waals surface area contributed by atoms with Crippen LogP contribution in [0.15, 0.2) is 36.4 Å². The molecule has 0 bridgehead atoms. The van der Waals surface area contributed by atoms with E-state index in [2.05, 4.69) is 11.4 Å². The highest BCUT2D eigenvalue weighted by atomic mass is 35.5. The molecule has 1 aliphatic rings. The van der Waals surface area contributed by atoms with Crippen LogP contribution in [0.25, 0.3) is 0 Å². The molecule has 4 nitrogen and oxygen atoms in total. The molecule has 0 fully saturated rings. The molecule has 2 aromatic carbocycles. The lowest BCUT2D eigenvalue weighted by Gasteiger charge is -2.12. The van der Waals surface area contributed by atoms with Crippen molar-refractivity contribution in [1.29, 1.82) is 5.26 Å². The Balaban J connectivity index is 1.90. The van der Waals surface area contributed by atoms with Crippen molar-refractivity contribution in [2.24, 2.45) is 0 Å². The van der Waals surface area contributed by atoms with Gasteiger partial charge in [-0.05, 0) is 30.3 Å². The van der Waals surface area contributed by atoms with Crippen LogP contribution in [0.5, 0.6) is 11.5 Å². The van der Waals surface area contributed by atoms with Crippen molar-refractivity contribution in [1.82, 2.24) is 0 Å². The van der Waals surface area contributed by atoms with Crippen LogP contribution < -0.4 is 14.8 Å². The highest BCUT2D eigenvalue weighted by Crippen LogP contribution is 2.34. The zero-order valence-electron chi connectivity index (χ0n) is 11.2. The molecular formula is C16H13ClN2O2. The molecule has 0 saturated heterocycles. The van der Waals surface area contributed by atoms with E-state index in [4.69, 9.17) is 26.3 Å². The number of nitrogens with one attached hydrogen (secondary N) is 1. The monoisotopic (exact) mass is 300 g/mol. The molecule has 0 atom stereocenters. The molecule has 2 aromatic rings. The van der Waals surface area contributed by atoms with E-state index in [-0.39, 0.29) is 0 Å². The molecule has 0 saturated carbocycles. The Kier molecular flexibility index (Phi) is 3.85. The number of fused-ring (bicyclic) bond motifs is 1. The molecule has 3 rings (SSSR count). The highest BCUT2D eigenvalue weighted by molar-refractivity contribution is 6.30. The molecule has 1 aliphatic heterocycles. The Hall–Kier alpha value is -2.38. The molecule has 21 heavy (non-hydrogen) atoms. The van der Waals surface area contributed by atoms with E-state index < -0.39 is 0 Å². The number of nitrogens with zero attached hydrogens (tertiary/aromatic N) is 1. The summed E-state index contributed by atoms with van der Waals surface area (Å²) in [6.45, 7) is 1.30. The van der Waals surface area contributed by atoms with Gasteiger partial charge in [-0.1, -0.05) is 11.6 Å². The predicted octanol–water partition coefficient (Wildman–Crippen LogP) is 4.12. The molecule has 0 spiro atoms. The average molecular weight is 301 g/mol. The van der Waals surface area contributed by atoms with E-state index in [1.807, 2.05) is 18.2 Å². The average Bonchev–Trinajstić information content (AvgIpc) is 2.72. The first kappa shape index (κ1) is 13.6. The van der Waals surface area contributed by atoms with Crippen molar-refractivity contribution in [2.45, 2.75) is 6.42 Å². The largest absolute Gasteiger partial charge is 0.490 e. The Labute approximate surface area is 127 Å². The molecule has 1 heterocycles. The van der Waals surface area contributed by atoms with Crippen LogP contribution in [0.4, 0.5) is 11.4 Å². The van der Waals surface area contributed by atoms with Crippen LogP contribution >= 0.6 is 11.6 Å². The second kappa shape index (κ2) is 5.94. The van der Waals surface area contributed by atoms with Crippen molar-refractivity contribution >= 4 is 23.0 Å². The molecule has 0 radical (unpaired) electrons. The molecule has 0 aliphatic carbocycles. The summed E-state index contributed by atoms with van der Waals surface area (Å²) in [6, 6.07) is 12.9. The van der Waals surface area contributed by atoms with Gasteiger partial charge in [0.1, 0.15) is 6.07 Å². The smallest absolute Gasteiger partial charge is 0.163 e. The van der Waals surface area contributed by atoms with Crippen molar-refractivity contribution in [3.63, 3.8) is 0 Å². The van der Waals surface area contributed by atoms with Crippen molar-refractivity contribution < 1.29 is 9.47 Å².